The van der Waals surface area contributed by atoms with Crippen LogP contribution in [0.25, 0.3) is 10.9 Å². The summed E-state index contributed by atoms with van der Waals surface area (Å²) in [6.45, 7) is 7.73. The van der Waals surface area contributed by atoms with E-state index in [1.54, 1.807) is 11.3 Å². The molecule has 1 aliphatic rings. The van der Waals surface area contributed by atoms with E-state index in [0.717, 1.165) is 40.0 Å². The van der Waals surface area contributed by atoms with Gasteiger partial charge in [-0.3, -0.25) is 14.5 Å². The van der Waals surface area contributed by atoms with Crippen molar-refractivity contribution in [2.75, 3.05) is 26.2 Å². The Hall–Kier alpha value is -2.44. The maximum atomic E-state index is 12.6. The average molecular weight is 396 g/mol. The molecule has 6 heteroatoms. The molecule has 0 bridgehead atoms. The van der Waals surface area contributed by atoms with Crippen molar-refractivity contribution in [3.8, 4) is 0 Å². The Morgan fingerprint density at radius 1 is 1.14 bits per heavy atom. The summed E-state index contributed by atoms with van der Waals surface area (Å²) in [5.74, 6) is 0.191. The molecule has 2 aromatic heterocycles. The maximum absolute atomic E-state index is 12.6. The molecule has 3 heterocycles. The van der Waals surface area contributed by atoms with Crippen molar-refractivity contribution in [3.63, 3.8) is 0 Å². The van der Waals surface area contributed by atoms with E-state index in [-0.39, 0.29) is 11.5 Å². The topological polar surface area (TPSA) is 56.4 Å². The van der Waals surface area contributed by atoms with Crippen LogP contribution < -0.4 is 5.56 Å². The van der Waals surface area contributed by atoms with E-state index in [9.17, 15) is 9.59 Å². The number of piperazine rings is 1. The first-order valence-electron chi connectivity index (χ1n) is 9.66. The molecule has 0 saturated carbocycles. The molecule has 146 valence electrons. The molecule has 5 nitrogen and oxygen atoms in total. The third kappa shape index (κ3) is 3.88. The average Bonchev–Trinajstić information content (AvgIpc) is 3.20. The summed E-state index contributed by atoms with van der Waals surface area (Å²) in [7, 11) is 0. The fraction of sp³-hybridized carbons (Fsp3) is 0.364. The highest BCUT2D eigenvalue weighted by molar-refractivity contribution is 7.10. The van der Waals surface area contributed by atoms with Crippen molar-refractivity contribution in [3.05, 3.63) is 67.6 Å². The van der Waals surface area contributed by atoms with Crippen LogP contribution in [-0.2, 0) is 17.8 Å². The summed E-state index contributed by atoms with van der Waals surface area (Å²) in [6.07, 6.45) is 0.487. The monoisotopic (exact) mass is 395 g/mol. The number of carbonyl (C=O) groups excluding carboxylic acids is 1. The molecule has 1 fully saturated rings. The van der Waals surface area contributed by atoms with Crippen LogP contribution >= 0.6 is 11.3 Å². The Morgan fingerprint density at radius 2 is 1.93 bits per heavy atom. The number of fused-ring (bicyclic) bond motifs is 1. The highest BCUT2D eigenvalue weighted by atomic mass is 32.1. The standard InChI is InChI=1S/C22H25N3O2S/c1-15-5-6-17-12-18(22(27)23-21(17)16(15)2)14-24-7-9-25(10-8-24)20(26)13-19-4-3-11-28-19/h3-6,11-12H,7-10,13-14H2,1-2H3,(H,23,27). The van der Waals surface area contributed by atoms with Gasteiger partial charge in [0.1, 0.15) is 0 Å². The van der Waals surface area contributed by atoms with Crippen molar-refractivity contribution in [2.45, 2.75) is 26.8 Å². The zero-order chi connectivity index (χ0) is 19.7. The fourth-order valence-corrected chi connectivity index (χ4v) is 4.45. The van der Waals surface area contributed by atoms with Gasteiger partial charge in [-0.1, -0.05) is 18.2 Å². The van der Waals surface area contributed by atoms with Gasteiger partial charge in [-0.25, -0.2) is 0 Å². The minimum absolute atomic E-state index is 0.0163. The number of benzene rings is 1. The van der Waals surface area contributed by atoms with Crippen molar-refractivity contribution < 1.29 is 4.79 Å². The first-order chi connectivity index (χ1) is 13.5. The van der Waals surface area contributed by atoms with Crippen LogP contribution in [0, 0.1) is 13.8 Å². The second-order valence-electron chi connectivity index (χ2n) is 7.51. The fourth-order valence-electron chi connectivity index (χ4n) is 3.76. The molecular formula is C22H25N3O2S. The number of aromatic amines is 1. The molecule has 1 aliphatic heterocycles. The van der Waals surface area contributed by atoms with Crippen LogP contribution in [0.15, 0.2) is 40.5 Å². The second-order valence-corrected chi connectivity index (χ2v) is 8.54. The summed E-state index contributed by atoms with van der Waals surface area (Å²) < 4.78 is 0. The largest absolute Gasteiger partial charge is 0.340 e. The van der Waals surface area contributed by atoms with Gasteiger partial charge in [0, 0.05) is 43.2 Å². The zero-order valence-corrected chi connectivity index (χ0v) is 17.1. The van der Waals surface area contributed by atoms with E-state index in [1.807, 2.05) is 35.4 Å². The minimum atomic E-state index is -0.0163. The summed E-state index contributed by atoms with van der Waals surface area (Å²) in [4.78, 5) is 33.4. The molecular weight excluding hydrogens is 370 g/mol. The number of thiophene rings is 1. The molecule has 0 spiro atoms. The Morgan fingerprint density at radius 3 is 2.64 bits per heavy atom. The van der Waals surface area contributed by atoms with Gasteiger partial charge in [-0.2, -0.15) is 0 Å². The number of pyridine rings is 1. The van der Waals surface area contributed by atoms with E-state index in [2.05, 4.69) is 28.9 Å². The van der Waals surface area contributed by atoms with Crippen LogP contribution in [0.3, 0.4) is 0 Å². The molecule has 1 saturated heterocycles. The molecule has 0 atom stereocenters. The predicted octanol–water partition coefficient (Wildman–Crippen LogP) is 3.09. The molecule has 4 rings (SSSR count). The van der Waals surface area contributed by atoms with Gasteiger partial charge in [0.05, 0.1) is 11.9 Å². The van der Waals surface area contributed by atoms with Crippen LogP contribution in [0.1, 0.15) is 21.6 Å². The first-order valence-corrected chi connectivity index (χ1v) is 10.5. The summed E-state index contributed by atoms with van der Waals surface area (Å²) in [5, 5.41) is 3.08. The molecule has 1 aromatic carbocycles. The van der Waals surface area contributed by atoms with E-state index >= 15 is 0 Å². The zero-order valence-electron chi connectivity index (χ0n) is 16.3. The second kappa shape index (κ2) is 7.89. The summed E-state index contributed by atoms with van der Waals surface area (Å²) in [6, 6.07) is 10.2. The van der Waals surface area contributed by atoms with Crippen LogP contribution in [-0.4, -0.2) is 46.9 Å². The molecule has 1 N–H and O–H groups in total. The SMILES string of the molecule is Cc1ccc2cc(CN3CCN(C(=O)Cc4cccs4)CC3)c(=O)[nH]c2c1C. The molecule has 1 amide bonds. The van der Waals surface area contributed by atoms with Gasteiger partial charge in [-0.05, 0) is 47.9 Å². The van der Waals surface area contributed by atoms with Crippen molar-refractivity contribution in [1.82, 2.24) is 14.8 Å². The lowest BCUT2D eigenvalue weighted by molar-refractivity contribution is -0.132. The first kappa shape index (κ1) is 18.9. The third-order valence-corrected chi connectivity index (χ3v) is 6.53. The summed E-state index contributed by atoms with van der Waals surface area (Å²) in [5.41, 5.74) is 4.00. The van der Waals surface area contributed by atoms with Gasteiger partial charge in [0.2, 0.25) is 5.91 Å². The number of amides is 1. The van der Waals surface area contributed by atoms with Crippen LogP contribution in [0.5, 0.6) is 0 Å². The van der Waals surface area contributed by atoms with Crippen molar-refractivity contribution in [2.24, 2.45) is 0 Å². The molecule has 0 unspecified atom stereocenters. The Kier molecular flexibility index (Phi) is 5.33. The molecule has 28 heavy (non-hydrogen) atoms. The summed E-state index contributed by atoms with van der Waals surface area (Å²) >= 11 is 1.63. The lowest BCUT2D eigenvalue weighted by Gasteiger charge is -2.34. The number of aryl methyl sites for hydroxylation is 2. The van der Waals surface area contributed by atoms with E-state index in [4.69, 9.17) is 0 Å². The molecule has 0 radical (unpaired) electrons. The lowest BCUT2D eigenvalue weighted by atomic mass is 10.0. The number of hydrogen-bond acceptors (Lipinski definition) is 4. The van der Waals surface area contributed by atoms with Crippen molar-refractivity contribution >= 4 is 28.1 Å². The van der Waals surface area contributed by atoms with E-state index in [1.165, 1.54) is 5.56 Å². The van der Waals surface area contributed by atoms with Gasteiger partial charge in [0.15, 0.2) is 0 Å². The number of carbonyl (C=O) groups is 1. The minimum Gasteiger partial charge on any atom is -0.340 e. The Balaban J connectivity index is 1.41. The number of aromatic nitrogens is 1. The Labute approximate surface area is 168 Å². The Bertz CT molecular complexity index is 1050. The predicted molar refractivity (Wildman–Crippen MR) is 114 cm³/mol. The normalized spacial score (nSPS) is 15.3. The smallest absolute Gasteiger partial charge is 0.252 e. The maximum Gasteiger partial charge on any atom is 0.252 e. The van der Waals surface area contributed by atoms with Gasteiger partial charge < -0.3 is 9.88 Å². The number of hydrogen-bond donors (Lipinski definition) is 1. The number of nitrogens with zero attached hydrogens (tertiary/aromatic N) is 2. The lowest BCUT2D eigenvalue weighted by Crippen LogP contribution is -2.49. The third-order valence-electron chi connectivity index (χ3n) is 5.65. The van der Waals surface area contributed by atoms with Gasteiger partial charge in [0.25, 0.3) is 5.56 Å². The van der Waals surface area contributed by atoms with E-state index in [0.29, 0.717) is 26.1 Å². The van der Waals surface area contributed by atoms with Gasteiger partial charge >= 0.3 is 0 Å². The van der Waals surface area contributed by atoms with E-state index < -0.39 is 0 Å². The highest BCUT2D eigenvalue weighted by Crippen LogP contribution is 2.20. The number of H-pyrrole nitrogens is 1. The van der Waals surface area contributed by atoms with Crippen LogP contribution in [0.4, 0.5) is 0 Å². The highest BCUT2D eigenvalue weighted by Gasteiger charge is 2.22. The van der Waals surface area contributed by atoms with Crippen LogP contribution in [0.2, 0.25) is 0 Å². The van der Waals surface area contributed by atoms with Crippen molar-refractivity contribution in [1.29, 1.82) is 0 Å². The molecule has 0 aliphatic carbocycles. The molecule has 3 aromatic rings. The number of nitrogens with one attached hydrogen (secondary N) is 1. The van der Waals surface area contributed by atoms with Gasteiger partial charge in [-0.15, -0.1) is 11.3 Å². The number of rotatable bonds is 4. The quantitative estimate of drug-likeness (QED) is 0.739.